The van der Waals surface area contributed by atoms with Gasteiger partial charge in [0.05, 0.1) is 12.1 Å². The minimum absolute atomic E-state index is 0.0569. The summed E-state index contributed by atoms with van der Waals surface area (Å²) >= 11 is 0. The number of amides is 2. The number of hydrogen-bond acceptors (Lipinski definition) is 4. The Hall–Kier alpha value is -2.93. The highest BCUT2D eigenvalue weighted by atomic mass is 19.1. The summed E-state index contributed by atoms with van der Waals surface area (Å²) in [5.74, 6) is -0.492. The molecule has 1 saturated heterocycles. The predicted octanol–water partition coefficient (Wildman–Crippen LogP) is 1.78. The van der Waals surface area contributed by atoms with Crippen LogP contribution in [0.1, 0.15) is 10.4 Å². The molecule has 0 aliphatic carbocycles. The molecule has 6 nitrogen and oxygen atoms in total. The number of rotatable bonds is 7. The topological polar surface area (TPSA) is 61.9 Å². The Balaban J connectivity index is 1.35. The van der Waals surface area contributed by atoms with Crippen molar-refractivity contribution in [2.75, 3.05) is 45.9 Å². The fraction of sp³-hybridized carbons (Fsp3) is 0.333. The number of piperazine rings is 1. The standard InChI is InChI=1S/C21H24FN3O3/c22-19-9-5-4-8-18(19)21(27)23-16-20(26)25-12-10-24(11-13-25)14-15-28-17-6-2-1-3-7-17/h1-9H,10-16H2,(H,23,27). The van der Waals surface area contributed by atoms with Crippen molar-refractivity contribution in [3.63, 3.8) is 0 Å². The number of nitrogens with one attached hydrogen (secondary N) is 1. The van der Waals surface area contributed by atoms with E-state index in [1.807, 2.05) is 30.3 Å². The predicted molar refractivity (Wildman–Crippen MR) is 104 cm³/mol. The average molecular weight is 385 g/mol. The maximum absolute atomic E-state index is 13.6. The lowest BCUT2D eigenvalue weighted by Gasteiger charge is -2.34. The molecule has 1 heterocycles. The van der Waals surface area contributed by atoms with Crippen molar-refractivity contribution in [3.05, 3.63) is 66.0 Å². The first kappa shape index (κ1) is 19.8. The van der Waals surface area contributed by atoms with Crippen LogP contribution in [0.2, 0.25) is 0 Å². The fourth-order valence-electron chi connectivity index (χ4n) is 3.04. The maximum Gasteiger partial charge on any atom is 0.254 e. The van der Waals surface area contributed by atoms with E-state index in [0.29, 0.717) is 19.7 Å². The molecule has 0 unspecified atom stereocenters. The van der Waals surface area contributed by atoms with Gasteiger partial charge in [-0.2, -0.15) is 0 Å². The van der Waals surface area contributed by atoms with Gasteiger partial charge in [0, 0.05) is 32.7 Å². The van der Waals surface area contributed by atoms with Gasteiger partial charge >= 0.3 is 0 Å². The van der Waals surface area contributed by atoms with Gasteiger partial charge in [-0.25, -0.2) is 4.39 Å². The molecule has 0 aromatic heterocycles. The Morgan fingerprint density at radius 3 is 2.36 bits per heavy atom. The number of carbonyl (C=O) groups excluding carboxylic acids is 2. The Morgan fingerprint density at radius 2 is 1.64 bits per heavy atom. The maximum atomic E-state index is 13.6. The third kappa shape index (κ3) is 5.53. The molecule has 1 N–H and O–H groups in total. The van der Waals surface area contributed by atoms with E-state index in [2.05, 4.69) is 10.2 Å². The molecule has 2 aromatic carbocycles. The summed E-state index contributed by atoms with van der Waals surface area (Å²) < 4.78 is 19.3. The molecule has 0 spiro atoms. The van der Waals surface area contributed by atoms with E-state index in [-0.39, 0.29) is 18.0 Å². The molecule has 148 valence electrons. The minimum Gasteiger partial charge on any atom is -0.492 e. The van der Waals surface area contributed by atoms with Gasteiger partial charge in [0.15, 0.2) is 0 Å². The van der Waals surface area contributed by atoms with Gasteiger partial charge in [0.1, 0.15) is 18.2 Å². The number of hydrogen-bond donors (Lipinski definition) is 1. The second-order valence-corrected chi connectivity index (χ2v) is 6.55. The lowest BCUT2D eigenvalue weighted by atomic mass is 10.2. The molecule has 1 aliphatic heterocycles. The third-order valence-corrected chi connectivity index (χ3v) is 4.66. The average Bonchev–Trinajstić information content (AvgIpc) is 2.73. The van der Waals surface area contributed by atoms with Gasteiger partial charge in [-0.1, -0.05) is 30.3 Å². The largest absolute Gasteiger partial charge is 0.492 e. The normalized spacial score (nSPS) is 14.5. The van der Waals surface area contributed by atoms with Crippen molar-refractivity contribution in [1.29, 1.82) is 0 Å². The van der Waals surface area contributed by atoms with Crippen molar-refractivity contribution in [2.45, 2.75) is 0 Å². The second kappa shape index (κ2) is 9.85. The van der Waals surface area contributed by atoms with Gasteiger partial charge in [0.2, 0.25) is 5.91 Å². The zero-order valence-corrected chi connectivity index (χ0v) is 15.6. The molecule has 0 atom stereocenters. The van der Waals surface area contributed by atoms with Crippen LogP contribution < -0.4 is 10.1 Å². The Bertz CT molecular complexity index is 792. The summed E-state index contributed by atoms with van der Waals surface area (Å²) in [4.78, 5) is 28.3. The summed E-state index contributed by atoms with van der Waals surface area (Å²) in [5.41, 5.74) is -0.0569. The third-order valence-electron chi connectivity index (χ3n) is 4.66. The SMILES string of the molecule is O=C(NCC(=O)N1CCN(CCOc2ccccc2)CC1)c1ccccc1F. The monoisotopic (exact) mass is 385 g/mol. The van der Waals surface area contributed by atoms with Crippen LogP contribution in [0.3, 0.4) is 0 Å². The van der Waals surface area contributed by atoms with Crippen LogP contribution in [0.25, 0.3) is 0 Å². The summed E-state index contributed by atoms with van der Waals surface area (Å²) in [6.45, 7) is 3.96. The number of para-hydroxylation sites is 1. The van der Waals surface area contributed by atoms with Gasteiger partial charge in [-0.05, 0) is 24.3 Å². The summed E-state index contributed by atoms with van der Waals surface area (Å²) in [5, 5.41) is 2.50. The number of halogens is 1. The highest BCUT2D eigenvalue weighted by Crippen LogP contribution is 2.09. The van der Waals surface area contributed by atoms with Gasteiger partial charge in [-0.3, -0.25) is 14.5 Å². The molecule has 7 heteroatoms. The summed E-state index contributed by atoms with van der Waals surface area (Å²) in [7, 11) is 0. The molecule has 0 bridgehead atoms. The Morgan fingerprint density at radius 1 is 0.964 bits per heavy atom. The van der Waals surface area contributed by atoms with Crippen molar-refractivity contribution < 1.29 is 18.7 Å². The van der Waals surface area contributed by atoms with E-state index >= 15 is 0 Å². The first-order valence-electron chi connectivity index (χ1n) is 9.34. The molecular weight excluding hydrogens is 361 g/mol. The molecule has 0 saturated carbocycles. The van der Waals surface area contributed by atoms with Crippen LogP contribution in [0, 0.1) is 5.82 Å². The van der Waals surface area contributed by atoms with Crippen LogP contribution in [0.5, 0.6) is 5.75 Å². The van der Waals surface area contributed by atoms with E-state index in [1.165, 1.54) is 18.2 Å². The van der Waals surface area contributed by atoms with Crippen LogP contribution in [-0.4, -0.2) is 67.5 Å². The Labute approximate surface area is 163 Å². The summed E-state index contributed by atoms with van der Waals surface area (Å²) in [6, 6.07) is 15.4. The Kier molecular flexibility index (Phi) is 6.97. The molecule has 1 aliphatic rings. The van der Waals surface area contributed by atoms with Crippen molar-refractivity contribution in [3.8, 4) is 5.75 Å². The van der Waals surface area contributed by atoms with Gasteiger partial charge < -0.3 is 15.0 Å². The zero-order valence-electron chi connectivity index (χ0n) is 15.6. The number of ether oxygens (including phenoxy) is 1. The van der Waals surface area contributed by atoms with Crippen molar-refractivity contribution in [1.82, 2.24) is 15.1 Å². The molecule has 0 radical (unpaired) electrons. The van der Waals surface area contributed by atoms with E-state index in [4.69, 9.17) is 4.74 Å². The molecule has 28 heavy (non-hydrogen) atoms. The number of carbonyl (C=O) groups is 2. The summed E-state index contributed by atoms with van der Waals surface area (Å²) in [6.07, 6.45) is 0. The molecular formula is C21H24FN3O3. The highest BCUT2D eigenvalue weighted by Gasteiger charge is 2.21. The van der Waals surface area contributed by atoms with E-state index in [1.54, 1.807) is 11.0 Å². The number of benzene rings is 2. The lowest BCUT2D eigenvalue weighted by molar-refractivity contribution is -0.131. The molecule has 2 aromatic rings. The van der Waals surface area contributed by atoms with Crippen LogP contribution in [0.4, 0.5) is 4.39 Å². The van der Waals surface area contributed by atoms with Crippen LogP contribution in [0.15, 0.2) is 54.6 Å². The first-order chi connectivity index (χ1) is 13.6. The second-order valence-electron chi connectivity index (χ2n) is 6.55. The quantitative estimate of drug-likeness (QED) is 0.789. The molecule has 2 amide bonds. The van der Waals surface area contributed by atoms with Crippen molar-refractivity contribution in [2.24, 2.45) is 0 Å². The van der Waals surface area contributed by atoms with Crippen LogP contribution in [-0.2, 0) is 4.79 Å². The fourth-order valence-corrected chi connectivity index (χ4v) is 3.04. The molecule has 3 rings (SSSR count). The molecule has 1 fully saturated rings. The van der Waals surface area contributed by atoms with E-state index < -0.39 is 11.7 Å². The van der Waals surface area contributed by atoms with Crippen LogP contribution >= 0.6 is 0 Å². The first-order valence-corrected chi connectivity index (χ1v) is 9.34. The lowest BCUT2D eigenvalue weighted by Crippen LogP contribution is -2.51. The van der Waals surface area contributed by atoms with E-state index in [9.17, 15) is 14.0 Å². The number of nitrogens with zero attached hydrogens (tertiary/aromatic N) is 2. The minimum atomic E-state index is -0.598. The smallest absolute Gasteiger partial charge is 0.254 e. The van der Waals surface area contributed by atoms with Gasteiger partial charge in [0.25, 0.3) is 5.91 Å². The van der Waals surface area contributed by atoms with Crippen molar-refractivity contribution >= 4 is 11.8 Å². The highest BCUT2D eigenvalue weighted by molar-refractivity contribution is 5.96. The zero-order chi connectivity index (χ0) is 19.8. The van der Waals surface area contributed by atoms with E-state index in [0.717, 1.165) is 25.4 Å². The van der Waals surface area contributed by atoms with Gasteiger partial charge in [-0.15, -0.1) is 0 Å².